The molecule has 0 saturated carbocycles. The van der Waals surface area contributed by atoms with Gasteiger partial charge in [-0.3, -0.25) is 10.0 Å². The van der Waals surface area contributed by atoms with Gasteiger partial charge in [0.15, 0.2) is 0 Å². The molecule has 1 amide bonds. The highest BCUT2D eigenvalue weighted by Crippen LogP contribution is 2.21. The Bertz CT molecular complexity index is 982. The Morgan fingerprint density at radius 3 is 2.69 bits per heavy atom. The molecule has 1 aromatic heterocycles. The second-order valence-corrected chi connectivity index (χ2v) is 7.24. The predicted molar refractivity (Wildman–Crippen MR) is 118 cm³/mol. The lowest BCUT2D eigenvalue weighted by atomic mass is 10.1. The van der Waals surface area contributed by atoms with Crippen molar-refractivity contribution in [3.63, 3.8) is 0 Å². The summed E-state index contributed by atoms with van der Waals surface area (Å²) in [6, 6.07) is 13.5. The molecule has 3 aromatic rings. The number of nitrogens with one attached hydrogen (secondary N) is 2. The Hall–Kier alpha value is -2.80. The molecular weight excluding hydrogens is 387 g/mol. The number of rotatable bonds is 7. The zero-order valence-corrected chi connectivity index (χ0v) is 17.1. The van der Waals surface area contributed by atoms with Crippen LogP contribution in [-0.2, 0) is 17.8 Å². The average Bonchev–Trinajstić information content (AvgIpc) is 3.19. The molecule has 3 N–H and O–H groups in total. The lowest BCUT2D eigenvalue weighted by Crippen LogP contribution is -2.16. The Morgan fingerprint density at radius 2 is 1.97 bits per heavy atom. The third-order valence-electron chi connectivity index (χ3n) is 4.03. The van der Waals surface area contributed by atoms with Crippen LogP contribution in [0.5, 0.6) is 0 Å². The Morgan fingerprint density at radius 1 is 1.21 bits per heavy atom. The number of hydrogen-bond donors (Lipinski definition) is 3. The van der Waals surface area contributed by atoms with Crippen molar-refractivity contribution in [1.29, 1.82) is 0 Å². The molecule has 0 fully saturated rings. The van der Waals surface area contributed by atoms with Crippen LogP contribution in [-0.4, -0.2) is 17.7 Å². The maximum Gasteiger partial charge on any atom is 0.267 e. The van der Waals surface area contributed by atoms with E-state index in [-0.39, 0.29) is 0 Å². The van der Waals surface area contributed by atoms with E-state index in [4.69, 9.17) is 5.21 Å². The summed E-state index contributed by atoms with van der Waals surface area (Å²) in [5.74, 6) is -1.11. The summed E-state index contributed by atoms with van der Waals surface area (Å²) in [4.78, 5) is 10.9. The van der Waals surface area contributed by atoms with Crippen molar-refractivity contribution in [2.24, 2.45) is 0 Å². The Balaban J connectivity index is 0.000000941. The molecule has 152 valence electrons. The topological polar surface area (TPSA) is 61.4 Å². The second kappa shape index (κ2) is 11.9. The number of carbonyl (C=O) groups is 1. The van der Waals surface area contributed by atoms with Crippen molar-refractivity contribution in [3.8, 4) is 0 Å². The van der Waals surface area contributed by atoms with Gasteiger partial charge in [0.2, 0.25) is 0 Å². The number of hydrogen-bond acceptors (Lipinski definition) is 4. The first-order valence-electron chi connectivity index (χ1n) is 9.22. The van der Waals surface area contributed by atoms with Gasteiger partial charge >= 0.3 is 0 Å². The standard InChI is InChI=1S/C20H19FN2O2S.C3H6/c21-18-12-15(1-3-16(18)4-6-20(24)23-25)13-22-9-7-14-2-5-19-17(11-14)8-10-26-19;1-3-2/h1-6,8,10-12,22,25H,7,9,13H2,(H,23,24);3H,1H2,2H3/b6-4+;. The molecule has 0 aliphatic rings. The normalized spacial score (nSPS) is 10.6. The van der Waals surface area contributed by atoms with Crippen molar-refractivity contribution in [1.82, 2.24) is 10.8 Å². The van der Waals surface area contributed by atoms with Crippen molar-refractivity contribution in [3.05, 3.63) is 89.1 Å². The molecule has 0 atom stereocenters. The molecule has 4 nitrogen and oxygen atoms in total. The minimum Gasteiger partial charge on any atom is -0.312 e. The third-order valence-corrected chi connectivity index (χ3v) is 4.92. The molecule has 2 aromatic carbocycles. The average molecular weight is 413 g/mol. The molecular formula is C23H25FN2O2S. The lowest BCUT2D eigenvalue weighted by Gasteiger charge is -2.07. The highest BCUT2D eigenvalue weighted by molar-refractivity contribution is 7.17. The van der Waals surface area contributed by atoms with E-state index in [1.54, 1.807) is 23.5 Å². The molecule has 0 radical (unpaired) electrons. The molecule has 6 heteroatoms. The lowest BCUT2D eigenvalue weighted by molar-refractivity contribution is -0.124. The van der Waals surface area contributed by atoms with Gasteiger partial charge < -0.3 is 5.32 Å². The number of thiophene rings is 1. The quantitative estimate of drug-likeness (QED) is 0.167. The van der Waals surface area contributed by atoms with E-state index in [9.17, 15) is 9.18 Å². The number of hydroxylamine groups is 1. The summed E-state index contributed by atoms with van der Waals surface area (Å²) in [7, 11) is 0. The zero-order chi connectivity index (χ0) is 21.1. The van der Waals surface area contributed by atoms with Gasteiger partial charge in [0, 0.05) is 22.9 Å². The first kappa shape index (κ1) is 22.5. The van der Waals surface area contributed by atoms with Gasteiger partial charge in [-0.2, -0.15) is 0 Å². The third kappa shape index (κ3) is 7.27. The summed E-state index contributed by atoms with van der Waals surface area (Å²) < 4.78 is 15.3. The zero-order valence-electron chi connectivity index (χ0n) is 16.3. The Labute approximate surface area is 174 Å². The molecule has 1 heterocycles. The van der Waals surface area contributed by atoms with E-state index in [2.05, 4.69) is 41.5 Å². The van der Waals surface area contributed by atoms with Crippen LogP contribution in [0.4, 0.5) is 4.39 Å². The molecule has 0 spiro atoms. The molecule has 29 heavy (non-hydrogen) atoms. The number of benzene rings is 2. The number of carbonyl (C=O) groups excluding carboxylic acids is 1. The summed E-state index contributed by atoms with van der Waals surface area (Å²) in [5, 5.41) is 15.1. The van der Waals surface area contributed by atoms with E-state index in [1.807, 2.05) is 13.0 Å². The summed E-state index contributed by atoms with van der Waals surface area (Å²) in [5.41, 5.74) is 3.87. The van der Waals surface area contributed by atoms with Gasteiger partial charge in [-0.25, -0.2) is 9.87 Å². The van der Waals surface area contributed by atoms with E-state index < -0.39 is 11.7 Å². The molecule has 0 bridgehead atoms. The smallest absolute Gasteiger partial charge is 0.267 e. The minimum absolute atomic E-state index is 0.293. The highest BCUT2D eigenvalue weighted by Gasteiger charge is 2.03. The van der Waals surface area contributed by atoms with Crippen LogP contribution in [0.3, 0.4) is 0 Å². The van der Waals surface area contributed by atoms with Crippen LogP contribution in [0, 0.1) is 5.82 Å². The van der Waals surface area contributed by atoms with Gasteiger partial charge in [-0.15, -0.1) is 17.9 Å². The summed E-state index contributed by atoms with van der Waals surface area (Å²) in [6.45, 7) is 6.62. The summed E-state index contributed by atoms with van der Waals surface area (Å²) in [6.07, 6.45) is 5.05. The number of halogens is 1. The second-order valence-electron chi connectivity index (χ2n) is 6.29. The van der Waals surface area contributed by atoms with Crippen LogP contribution >= 0.6 is 11.3 Å². The van der Waals surface area contributed by atoms with E-state index >= 15 is 0 Å². The maximum atomic E-state index is 14.0. The van der Waals surface area contributed by atoms with Crippen LogP contribution in [0.1, 0.15) is 23.6 Å². The minimum atomic E-state index is -0.698. The maximum absolute atomic E-state index is 14.0. The van der Waals surface area contributed by atoms with Gasteiger partial charge in [0.25, 0.3) is 5.91 Å². The van der Waals surface area contributed by atoms with Crippen LogP contribution in [0.15, 0.2) is 66.6 Å². The fourth-order valence-corrected chi connectivity index (χ4v) is 3.43. The molecule has 0 unspecified atom stereocenters. The fraction of sp³-hybridized carbons (Fsp3) is 0.174. The Kier molecular flexibility index (Phi) is 9.24. The van der Waals surface area contributed by atoms with Gasteiger partial charge in [-0.05, 0) is 66.1 Å². The highest BCUT2D eigenvalue weighted by atomic mass is 32.1. The van der Waals surface area contributed by atoms with Gasteiger partial charge in [0.1, 0.15) is 5.82 Å². The van der Waals surface area contributed by atoms with Crippen LogP contribution in [0.2, 0.25) is 0 Å². The first-order chi connectivity index (χ1) is 14.1. The fourth-order valence-electron chi connectivity index (χ4n) is 2.66. The van der Waals surface area contributed by atoms with Crippen molar-refractivity contribution in [2.75, 3.05) is 6.54 Å². The predicted octanol–water partition coefficient (Wildman–Crippen LogP) is 5.08. The van der Waals surface area contributed by atoms with Crippen LogP contribution < -0.4 is 10.8 Å². The van der Waals surface area contributed by atoms with E-state index in [1.165, 1.54) is 33.3 Å². The van der Waals surface area contributed by atoms with Crippen molar-refractivity contribution < 1.29 is 14.4 Å². The largest absolute Gasteiger partial charge is 0.312 e. The molecule has 0 saturated heterocycles. The van der Waals surface area contributed by atoms with E-state index in [0.29, 0.717) is 12.1 Å². The number of allylic oxidation sites excluding steroid dienone is 1. The van der Waals surface area contributed by atoms with Crippen molar-refractivity contribution >= 4 is 33.4 Å². The SMILES string of the molecule is C=CC.O=C(/C=C/c1ccc(CNCCc2ccc3sccc3c2)cc1F)NO. The molecule has 0 aliphatic carbocycles. The van der Waals surface area contributed by atoms with Crippen molar-refractivity contribution in [2.45, 2.75) is 19.9 Å². The van der Waals surface area contributed by atoms with Crippen LogP contribution in [0.25, 0.3) is 16.2 Å². The summed E-state index contributed by atoms with van der Waals surface area (Å²) >= 11 is 1.74. The van der Waals surface area contributed by atoms with Gasteiger partial charge in [0.05, 0.1) is 0 Å². The first-order valence-corrected chi connectivity index (χ1v) is 10.1. The number of amides is 1. The van der Waals surface area contributed by atoms with E-state index in [0.717, 1.165) is 24.6 Å². The molecule has 3 rings (SSSR count). The number of fused-ring (bicyclic) bond motifs is 1. The molecule has 0 aliphatic heterocycles. The monoisotopic (exact) mass is 412 g/mol. The van der Waals surface area contributed by atoms with Gasteiger partial charge in [-0.1, -0.05) is 30.3 Å².